The lowest BCUT2D eigenvalue weighted by Gasteiger charge is -2.07. The van der Waals surface area contributed by atoms with Crippen LogP contribution in [0.25, 0.3) is 0 Å². The SMILES string of the molecule is Nc1ccc(OC(=O)c2ccc(OC(=O)c3ccc(N)cc3)cc2)cc1. The maximum atomic E-state index is 12.1. The predicted molar refractivity (Wildman–Crippen MR) is 98.1 cm³/mol. The minimum Gasteiger partial charge on any atom is -0.423 e. The highest BCUT2D eigenvalue weighted by Gasteiger charge is 2.11. The molecule has 3 rings (SSSR count). The monoisotopic (exact) mass is 348 g/mol. The quantitative estimate of drug-likeness (QED) is 0.426. The molecule has 0 unspecified atom stereocenters. The number of anilines is 2. The summed E-state index contributed by atoms with van der Waals surface area (Å²) in [7, 11) is 0. The van der Waals surface area contributed by atoms with Gasteiger partial charge in [-0.05, 0) is 72.8 Å². The van der Waals surface area contributed by atoms with Crippen LogP contribution in [0.15, 0.2) is 72.8 Å². The van der Waals surface area contributed by atoms with E-state index in [0.717, 1.165) is 0 Å². The van der Waals surface area contributed by atoms with Crippen molar-refractivity contribution in [3.63, 3.8) is 0 Å². The van der Waals surface area contributed by atoms with Gasteiger partial charge in [-0.3, -0.25) is 0 Å². The summed E-state index contributed by atoms with van der Waals surface area (Å²) in [4.78, 5) is 24.2. The van der Waals surface area contributed by atoms with Crippen LogP contribution < -0.4 is 20.9 Å². The molecule has 4 N–H and O–H groups in total. The first-order chi connectivity index (χ1) is 12.5. The summed E-state index contributed by atoms with van der Waals surface area (Å²) in [6.07, 6.45) is 0. The van der Waals surface area contributed by atoms with Crippen LogP contribution in [-0.2, 0) is 0 Å². The fraction of sp³-hybridized carbons (Fsp3) is 0. The molecular formula is C20H16N2O4. The second-order valence-corrected chi connectivity index (χ2v) is 5.49. The van der Waals surface area contributed by atoms with Crippen molar-refractivity contribution in [3.05, 3.63) is 83.9 Å². The summed E-state index contributed by atoms with van der Waals surface area (Å²) >= 11 is 0. The fourth-order valence-electron chi connectivity index (χ4n) is 2.15. The number of nitrogens with two attached hydrogens (primary N) is 2. The van der Waals surface area contributed by atoms with Crippen molar-refractivity contribution in [1.82, 2.24) is 0 Å². The summed E-state index contributed by atoms with van der Waals surface area (Å²) in [6, 6.07) is 19.0. The Hall–Kier alpha value is -3.80. The number of esters is 2. The van der Waals surface area contributed by atoms with Crippen LogP contribution in [0.2, 0.25) is 0 Å². The summed E-state index contributed by atoms with van der Waals surface area (Å²) in [5.74, 6) is -0.327. The second-order valence-electron chi connectivity index (χ2n) is 5.49. The third kappa shape index (κ3) is 4.18. The van der Waals surface area contributed by atoms with Gasteiger partial charge < -0.3 is 20.9 Å². The highest BCUT2D eigenvalue weighted by molar-refractivity contribution is 5.92. The molecule has 0 aromatic heterocycles. The number of hydrogen-bond donors (Lipinski definition) is 2. The highest BCUT2D eigenvalue weighted by atomic mass is 16.5. The van der Waals surface area contributed by atoms with Gasteiger partial charge in [0.15, 0.2) is 0 Å². The van der Waals surface area contributed by atoms with E-state index in [1.54, 1.807) is 48.5 Å². The number of ether oxygens (including phenoxy) is 2. The lowest BCUT2D eigenvalue weighted by molar-refractivity contribution is 0.0730. The molecule has 6 heteroatoms. The van der Waals surface area contributed by atoms with Crippen LogP contribution in [0.5, 0.6) is 11.5 Å². The first-order valence-corrected chi connectivity index (χ1v) is 7.77. The molecule has 0 atom stereocenters. The standard InChI is InChI=1S/C20H16N2O4/c21-15-5-1-13(2-6-15)19(23)25-17-9-3-14(4-10-17)20(24)26-18-11-7-16(22)8-12-18/h1-12H,21-22H2. The van der Waals surface area contributed by atoms with Crippen LogP contribution in [-0.4, -0.2) is 11.9 Å². The first kappa shape index (κ1) is 17.0. The fourth-order valence-corrected chi connectivity index (χ4v) is 2.15. The largest absolute Gasteiger partial charge is 0.423 e. The molecule has 0 saturated heterocycles. The van der Waals surface area contributed by atoms with E-state index in [9.17, 15) is 9.59 Å². The Kier molecular flexibility index (Phi) is 4.85. The predicted octanol–water partition coefficient (Wildman–Crippen LogP) is 3.29. The van der Waals surface area contributed by atoms with Gasteiger partial charge in [0.1, 0.15) is 11.5 Å². The summed E-state index contributed by atoms with van der Waals surface area (Å²) in [5, 5.41) is 0. The molecule has 0 aliphatic carbocycles. The molecule has 0 heterocycles. The molecule has 6 nitrogen and oxygen atoms in total. The number of nitrogen functional groups attached to an aromatic ring is 2. The van der Waals surface area contributed by atoms with Crippen molar-refractivity contribution in [3.8, 4) is 11.5 Å². The topological polar surface area (TPSA) is 105 Å². The molecular weight excluding hydrogens is 332 g/mol. The Balaban J connectivity index is 1.64. The highest BCUT2D eigenvalue weighted by Crippen LogP contribution is 2.18. The Morgan fingerprint density at radius 3 is 1.27 bits per heavy atom. The molecule has 0 bridgehead atoms. The van der Waals surface area contributed by atoms with E-state index in [-0.39, 0.29) is 0 Å². The van der Waals surface area contributed by atoms with Crippen molar-refractivity contribution in [1.29, 1.82) is 0 Å². The van der Waals surface area contributed by atoms with E-state index < -0.39 is 11.9 Å². The molecule has 3 aromatic carbocycles. The Morgan fingerprint density at radius 2 is 0.846 bits per heavy atom. The number of benzene rings is 3. The molecule has 130 valence electrons. The van der Waals surface area contributed by atoms with E-state index in [2.05, 4.69) is 0 Å². The molecule has 0 aliphatic heterocycles. The number of hydrogen-bond acceptors (Lipinski definition) is 6. The molecule has 0 fully saturated rings. The van der Waals surface area contributed by atoms with Crippen molar-refractivity contribution in [2.24, 2.45) is 0 Å². The zero-order chi connectivity index (χ0) is 18.5. The van der Waals surface area contributed by atoms with Crippen molar-refractivity contribution in [2.45, 2.75) is 0 Å². The third-order valence-electron chi connectivity index (χ3n) is 3.54. The summed E-state index contributed by atoms with van der Waals surface area (Å²) in [6.45, 7) is 0. The van der Waals surface area contributed by atoms with Crippen molar-refractivity contribution in [2.75, 3.05) is 11.5 Å². The van der Waals surface area contributed by atoms with Crippen molar-refractivity contribution >= 4 is 23.3 Å². The van der Waals surface area contributed by atoms with Crippen molar-refractivity contribution < 1.29 is 19.1 Å². The van der Waals surface area contributed by atoms with Gasteiger partial charge in [0.2, 0.25) is 0 Å². The molecule has 0 saturated carbocycles. The third-order valence-corrected chi connectivity index (χ3v) is 3.54. The Labute approximate surface area is 150 Å². The summed E-state index contributed by atoms with van der Waals surface area (Å²) < 4.78 is 10.5. The van der Waals surface area contributed by atoms with Crippen LogP contribution >= 0.6 is 0 Å². The normalized spacial score (nSPS) is 10.2. The average Bonchev–Trinajstić information content (AvgIpc) is 2.64. The minimum absolute atomic E-state index is 0.316. The minimum atomic E-state index is -0.522. The molecule has 0 amide bonds. The summed E-state index contributed by atoms with van der Waals surface area (Å²) in [5.41, 5.74) is 13.0. The van der Waals surface area contributed by atoms with Gasteiger partial charge in [-0.2, -0.15) is 0 Å². The van der Waals surface area contributed by atoms with Gasteiger partial charge in [0.25, 0.3) is 0 Å². The maximum absolute atomic E-state index is 12.1. The smallest absolute Gasteiger partial charge is 0.343 e. The van der Waals surface area contributed by atoms with E-state index in [1.807, 2.05) is 0 Å². The first-order valence-electron chi connectivity index (χ1n) is 7.77. The van der Waals surface area contributed by atoms with E-state index in [1.165, 1.54) is 24.3 Å². The van der Waals surface area contributed by atoms with E-state index in [4.69, 9.17) is 20.9 Å². The molecule has 3 aromatic rings. The van der Waals surface area contributed by atoms with Gasteiger partial charge in [-0.25, -0.2) is 9.59 Å². The Morgan fingerprint density at radius 1 is 0.538 bits per heavy atom. The van der Waals surface area contributed by atoms with Gasteiger partial charge in [-0.1, -0.05) is 0 Å². The van der Waals surface area contributed by atoms with Gasteiger partial charge >= 0.3 is 11.9 Å². The van der Waals surface area contributed by atoms with Crippen LogP contribution in [0.4, 0.5) is 11.4 Å². The molecule has 0 spiro atoms. The van der Waals surface area contributed by atoms with E-state index >= 15 is 0 Å². The molecule has 0 radical (unpaired) electrons. The zero-order valence-electron chi connectivity index (χ0n) is 13.7. The molecule has 0 aliphatic rings. The number of rotatable bonds is 4. The van der Waals surface area contributed by atoms with E-state index in [0.29, 0.717) is 34.0 Å². The van der Waals surface area contributed by atoms with Gasteiger partial charge in [0, 0.05) is 11.4 Å². The number of carbonyl (C=O) groups excluding carboxylic acids is 2. The van der Waals surface area contributed by atoms with Gasteiger partial charge in [-0.15, -0.1) is 0 Å². The lowest BCUT2D eigenvalue weighted by atomic mass is 10.2. The van der Waals surface area contributed by atoms with Crippen LogP contribution in [0, 0.1) is 0 Å². The lowest BCUT2D eigenvalue weighted by Crippen LogP contribution is -2.10. The molecule has 26 heavy (non-hydrogen) atoms. The zero-order valence-corrected chi connectivity index (χ0v) is 13.7. The average molecular weight is 348 g/mol. The second kappa shape index (κ2) is 7.40. The van der Waals surface area contributed by atoms with Crippen LogP contribution in [0.3, 0.4) is 0 Å². The van der Waals surface area contributed by atoms with Gasteiger partial charge in [0.05, 0.1) is 11.1 Å². The van der Waals surface area contributed by atoms with Crippen LogP contribution in [0.1, 0.15) is 20.7 Å². The maximum Gasteiger partial charge on any atom is 0.343 e. The Bertz CT molecular complexity index is 918. The number of carbonyl (C=O) groups is 2.